The highest BCUT2D eigenvalue weighted by atomic mass is 16.5. The minimum atomic E-state index is -0.938. The Morgan fingerprint density at radius 1 is 1.30 bits per heavy atom. The van der Waals surface area contributed by atoms with Gasteiger partial charge in [0.1, 0.15) is 5.75 Å². The highest BCUT2D eigenvalue weighted by Crippen LogP contribution is 2.14. The molecule has 110 valence electrons. The standard InChI is InChI=1S/C15H21NO4/c1-10(2)9-20-13-6-4-5-12(8-13)15(19)16-11(3)7-14(17)18/h4-6,8,10-11H,7,9H2,1-3H3,(H,16,19)(H,17,18). The van der Waals surface area contributed by atoms with Gasteiger partial charge in [-0.25, -0.2) is 0 Å². The van der Waals surface area contributed by atoms with Crippen LogP contribution in [0.4, 0.5) is 0 Å². The van der Waals surface area contributed by atoms with Gasteiger partial charge in [0.2, 0.25) is 0 Å². The van der Waals surface area contributed by atoms with E-state index >= 15 is 0 Å². The third-order valence-electron chi connectivity index (χ3n) is 2.54. The first kappa shape index (κ1) is 16.0. The van der Waals surface area contributed by atoms with E-state index in [0.717, 1.165) is 0 Å². The Morgan fingerprint density at radius 2 is 2.00 bits per heavy atom. The molecule has 2 N–H and O–H groups in total. The van der Waals surface area contributed by atoms with Crippen molar-refractivity contribution in [3.05, 3.63) is 29.8 Å². The Labute approximate surface area is 118 Å². The van der Waals surface area contributed by atoms with Gasteiger partial charge in [0.05, 0.1) is 13.0 Å². The lowest BCUT2D eigenvalue weighted by molar-refractivity contribution is -0.137. The normalized spacial score (nSPS) is 12.0. The van der Waals surface area contributed by atoms with Crippen LogP contribution in [-0.4, -0.2) is 29.6 Å². The second-order valence-corrected chi connectivity index (χ2v) is 5.21. The first-order chi connectivity index (χ1) is 9.38. The Morgan fingerprint density at radius 3 is 2.60 bits per heavy atom. The third-order valence-corrected chi connectivity index (χ3v) is 2.54. The summed E-state index contributed by atoms with van der Waals surface area (Å²) >= 11 is 0. The Balaban J connectivity index is 2.64. The maximum absolute atomic E-state index is 12.0. The van der Waals surface area contributed by atoms with Crippen molar-refractivity contribution >= 4 is 11.9 Å². The molecule has 5 nitrogen and oxygen atoms in total. The molecule has 0 saturated heterocycles. The van der Waals surface area contributed by atoms with Crippen molar-refractivity contribution in [1.82, 2.24) is 5.32 Å². The number of carboxylic acid groups (broad SMARTS) is 1. The molecule has 0 aromatic heterocycles. The third kappa shape index (κ3) is 5.73. The average Bonchev–Trinajstić information content (AvgIpc) is 2.35. The number of hydrogen-bond donors (Lipinski definition) is 2. The van der Waals surface area contributed by atoms with E-state index in [2.05, 4.69) is 5.32 Å². The van der Waals surface area contributed by atoms with Crippen LogP contribution in [0, 0.1) is 5.92 Å². The van der Waals surface area contributed by atoms with Crippen LogP contribution in [-0.2, 0) is 4.79 Å². The fourth-order valence-electron chi connectivity index (χ4n) is 1.61. The second-order valence-electron chi connectivity index (χ2n) is 5.21. The summed E-state index contributed by atoms with van der Waals surface area (Å²) in [6.07, 6.45) is -0.102. The molecule has 0 spiro atoms. The quantitative estimate of drug-likeness (QED) is 0.803. The van der Waals surface area contributed by atoms with Gasteiger partial charge in [0.15, 0.2) is 0 Å². The van der Waals surface area contributed by atoms with Gasteiger partial charge < -0.3 is 15.2 Å². The van der Waals surface area contributed by atoms with Gasteiger partial charge in [-0.3, -0.25) is 9.59 Å². The van der Waals surface area contributed by atoms with Crippen LogP contribution in [0.1, 0.15) is 37.6 Å². The summed E-state index contributed by atoms with van der Waals surface area (Å²) in [7, 11) is 0. The number of rotatable bonds is 7. The van der Waals surface area contributed by atoms with Crippen molar-refractivity contribution in [2.75, 3.05) is 6.61 Å². The summed E-state index contributed by atoms with van der Waals surface area (Å²) in [6, 6.07) is 6.45. The number of benzene rings is 1. The maximum Gasteiger partial charge on any atom is 0.305 e. The lowest BCUT2D eigenvalue weighted by Gasteiger charge is -2.13. The largest absolute Gasteiger partial charge is 0.493 e. The fraction of sp³-hybridized carbons (Fsp3) is 0.467. The molecule has 0 radical (unpaired) electrons. The van der Waals surface area contributed by atoms with Crippen molar-refractivity contribution < 1.29 is 19.4 Å². The highest BCUT2D eigenvalue weighted by Gasteiger charge is 2.13. The molecule has 1 amide bonds. The van der Waals surface area contributed by atoms with Crippen LogP contribution < -0.4 is 10.1 Å². The van der Waals surface area contributed by atoms with Crippen LogP contribution in [0.25, 0.3) is 0 Å². The van der Waals surface area contributed by atoms with Crippen LogP contribution in [0.3, 0.4) is 0 Å². The van der Waals surface area contributed by atoms with E-state index in [9.17, 15) is 9.59 Å². The second kappa shape index (κ2) is 7.53. The summed E-state index contributed by atoms with van der Waals surface area (Å²) in [4.78, 5) is 22.5. The van der Waals surface area contributed by atoms with Crippen molar-refractivity contribution in [3.8, 4) is 5.75 Å². The topological polar surface area (TPSA) is 75.6 Å². The minimum Gasteiger partial charge on any atom is -0.493 e. The van der Waals surface area contributed by atoms with Crippen LogP contribution >= 0.6 is 0 Å². The number of carbonyl (C=O) groups excluding carboxylic acids is 1. The van der Waals surface area contributed by atoms with Gasteiger partial charge in [-0.05, 0) is 31.0 Å². The van der Waals surface area contributed by atoms with E-state index in [0.29, 0.717) is 23.8 Å². The predicted molar refractivity (Wildman–Crippen MR) is 76.0 cm³/mol. The first-order valence-electron chi connectivity index (χ1n) is 6.64. The molecule has 0 aliphatic heterocycles. The molecule has 0 fully saturated rings. The zero-order valence-corrected chi connectivity index (χ0v) is 12.1. The number of nitrogens with one attached hydrogen (secondary N) is 1. The van der Waals surface area contributed by atoms with E-state index < -0.39 is 12.0 Å². The summed E-state index contributed by atoms with van der Waals surface area (Å²) in [5.74, 6) is -0.194. The molecule has 0 bridgehead atoms. The van der Waals surface area contributed by atoms with Crippen molar-refractivity contribution in [2.24, 2.45) is 5.92 Å². The molecule has 0 saturated carbocycles. The predicted octanol–water partition coefficient (Wildman–Crippen LogP) is 2.31. The van der Waals surface area contributed by atoms with Gasteiger partial charge in [-0.2, -0.15) is 0 Å². The molecule has 20 heavy (non-hydrogen) atoms. The zero-order valence-electron chi connectivity index (χ0n) is 12.1. The van der Waals surface area contributed by atoms with E-state index in [1.165, 1.54) is 0 Å². The van der Waals surface area contributed by atoms with E-state index in [-0.39, 0.29) is 12.3 Å². The molecular formula is C15H21NO4. The van der Waals surface area contributed by atoms with Gasteiger partial charge in [0.25, 0.3) is 5.91 Å². The van der Waals surface area contributed by atoms with Crippen molar-refractivity contribution in [1.29, 1.82) is 0 Å². The van der Waals surface area contributed by atoms with Gasteiger partial charge in [0, 0.05) is 11.6 Å². The summed E-state index contributed by atoms with van der Waals surface area (Å²) in [6.45, 7) is 6.33. The molecule has 1 atom stereocenters. The number of hydrogen-bond acceptors (Lipinski definition) is 3. The van der Waals surface area contributed by atoms with E-state index in [4.69, 9.17) is 9.84 Å². The summed E-state index contributed by atoms with van der Waals surface area (Å²) in [5, 5.41) is 11.3. The maximum atomic E-state index is 12.0. The zero-order chi connectivity index (χ0) is 15.1. The number of amides is 1. The van der Waals surface area contributed by atoms with Gasteiger partial charge in [-0.1, -0.05) is 19.9 Å². The van der Waals surface area contributed by atoms with Crippen molar-refractivity contribution in [3.63, 3.8) is 0 Å². The lowest BCUT2D eigenvalue weighted by Crippen LogP contribution is -2.34. The van der Waals surface area contributed by atoms with E-state index in [1.54, 1.807) is 31.2 Å². The number of carbonyl (C=O) groups is 2. The van der Waals surface area contributed by atoms with Crippen molar-refractivity contribution in [2.45, 2.75) is 33.2 Å². The minimum absolute atomic E-state index is 0.102. The molecule has 1 unspecified atom stereocenters. The summed E-state index contributed by atoms with van der Waals surface area (Å²) < 4.78 is 5.55. The molecule has 0 aliphatic rings. The number of aliphatic carboxylic acids is 1. The molecule has 5 heteroatoms. The molecule has 1 aromatic rings. The lowest BCUT2D eigenvalue weighted by atomic mass is 10.1. The fourth-order valence-corrected chi connectivity index (χ4v) is 1.61. The SMILES string of the molecule is CC(C)COc1cccc(C(=O)NC(C)CC(=O)O)c1. The van der Waals surface area contributed by atoms with Crippen LogP contribution in [0.5, 0.6) is 5.75 Å². The van der Waals surface area contributed by atoms with Gasteiger partial charge >= 0.3 is 5.97 Å². The Hall–Kier alpha value is -2.04. The molecule has 1 aromatic carbocycles. The summed E-state index contributed by atoms with van der Waals surface area (Å²) in [5.41, 5.74) is 0.462. The molecule has 1 rings (SSSR count). The number of carboxylic acids is 1. The Kier molecular flexibility index (Phi) is 6.03. The van der Waals surface area contributed by atoms with Crippen LogP contribution in [0.2, 0.25) is 0 Å². The molecule has 0 aliphatic carbocycles. The smallest absolute Gasteiger partial charge is 0.305 e. The molecular weight excluding hydrogens is 258 g/mol. The Bertz CT molecular complexity index is 471. The van der Waals surface area contributed by atoms with Gasteiger partial charge in [-0.15, -0.1) is 0 Å². The average molecular weight is 279 g/mol. The highest BCUT2D eigenvalue weighted by molar-refractivity contribution is 5.94. The monoisotopic (exact) mass is 279 g/mol. The van der Waals surface area contributed by atoms with Crippen LogP contribution in [0.15, 0.2) is 24.3 Å². The van der Waals surface area contributed by atoms with E-state index in [1.807, 2.05) is 13.8 Å². The number of ether oxygens (including phenoxy) is 1. The first-order valence-corrected chi connectivity index (χ1v) is 6.64. The molecule has 0 heterocycles.